The van der Waals surface area contributed by atoms with E-state index in [0.717, 1.165) is 29.2 Å². The van der Waals surface area contributed by atoms with E-state index < -0.39 is 0 Å². The van der Waals surface area contributed by atoms with Crippen LogP contribution in [0.2, 0.25) is 5.02 Å². The highest BCUT2D eigenvalue weighted by Crippen LogP contribution is 2.29. The maximum atomic E-state index is 12.6. The summed E-state index contributed by atoms with van der Waals surface area (Å²) in [5.41, 5.74) is 1.99. The molecule has 1 saturated heterocycles. The molecule has 0 atom stereocenters. The van der Waals surface area contributed by atoms with Crippen LogP contribution >= 0.6 is 22.9 Å². The average molecular weight is 404 g/mol. The van der Waals surface area contributed by atoms with Gasteiger partial charge in [0, 0.05) is 29.7 Å². The second-order valence-corrected chi connectivity index (χ2v) is 7.98. The van der Waals surface area contributed by atoms with Gasteiger partial charge in [-0.3, -0.25) is 9.59 Å². The summed E-state index contributed by atoms with van der Waals surface area (Å²) in [6, 6.07) is 5.53. The highest BCUT2D eigenvalue weighted by atomic mass is 35.5. The van der Waals surface area contributed by atoms with Gasteiger partial charge >= 0.3 is 0 Å². The van der Waals surface area contributed by atoms with Crippen LogP contribution in [0, 0.1) is 12.8 Å². The van der Waals surface area contributed by atoms with E-state index >= 15 is 0 Å². The highest BCUT2D eigenvalue weighted by molar-refractivity contribution is 7.22. The zero-order chi connectivity index (χ0) is 19.0. The van der Waals surface area contributed by atoms with Gasteiger partial charge in [-0.1, -0.05) is 29.0 Å². The van der Waals surface area contributed by atoms with Gasteiger partial charge in [-0.25, -0.2) is 4.98 Å². The Kier molecular flexibility index (Phi) is 4.84. The summed E-state index contributed by atoms with van der Waals surface area (Å²) in [5, 5.41) is 4.37. The smallest absolute Gasteiger partial charge is 0.270 e. The van der Waals surface area contributed by atoms with E-state index in [1.54, 1.807) is 6.07 Å². The van der Waals surface area contributed by atoms with Crippen molar-refractivity contribution in [2.45, 2.75) is 19.8 Å². The van der Waals surface area contributed by atoms with Gasteiger partial charge in [-0.2, -0.15) is 4.98 Å². The van der Waals surface area contributed by atoms with Crippen LogP contribution in [-0.2, 0) is 4.79 Å². The average Bonchev–Trinajstić information content (AvgIpc) is 3.11. The third kappa shape index (κ3) is 3.68. The number of aromatic amines is 1. The number of amides is 1. The molecule has 0 spiro atoms. The highest BCUT2D eigenvalue weighted by Gasteiger charge is 2.27. The minimum absolute atomic E-state index is 0.0111. The van der Waals surface area contributed by atoms with E-state index in [-0.39, 0.29) is 17.4 Å². The van der Waals surface area contributed by atoms with Gasteiger partial charge < -0.3 is 15.2 Å². The van der Waals surface area contributed by atoms with Gasteiger partial charge in [-0.05, 0) is 37.5 Å². The number of aryl methyl sites for hydroxylation is 1. The molecule has 27 heavy (non-hydrogen) atoms. The van der Waals surface area contributed by atoms with E-state index in [0.29, 0.717) is 28.5 Å². The number of carbonyl (C=O) groups is 1. The molecule has 2 N–H and O–H groups in total. The molecule has 0 saturated carbocycles. The van der Waals surface area contributed by atoms with Crippen molar-refractivity contribution in [2.24, 2.45) is 5.92 Å². The Hall–Kier alpha value is -2.45. The molecule has 1 aliphatic rings. The normalized spacial score (nSPS) is 15.3. The first-order chi connectivity index (χ1) is 13.0. The lowest BCUT2D eigenvalue weighted by atomic mass is 9.96. The molecule has 0 unspecified atom stereocenters. The summed E-state index contributed by atoms with van der Waals surface area (Å²) < 4.78 is 0.531. The molecule has 3 aromatic rings. The molecule has 3 heterocycles. The SMILES string of the molecule is Cc1ccc(NC(=O)C2CCN(c3nc4nc[nH]c(=O)c4s3)CC2)cc1Cl. The van der Waals surface area contributed by atoms with E-state index in [1.807, 2.05) is 19.1 Å². The molecule has 2 aromatic heterocycles. The molecule has 0 radical (unpaired) electrons. The molecule has 1 amide bonds. The second-order valence-electron chi connectivity index (χ2n) is 6.60. The predicted molar refractivity (Wildman–Crippen MR) is 108 cm³/mol. The van der Waals surface area contributed by atoms with Crippen molar-refractivity contribution in [2.75, 3.05) is 23.3 Å². The largest absolute Gasteiger partial charge is 0.348 e. The second kappa shape index (κ2) is 7.28. The molecular weight excluding hydrogens is 386 g/mol. The summed E-state index contributed by atoms with van der Waals surface area (Å²) in [4.78, 5) is 37.6. The monoisotopic (exact) mass is 403 g/mol. The number of fused-ring (bicyclic) bond motifs is 1. The van der Waals surface area contributed by atoms with Crippen molar-refractivity contribution in [3.8, 4) is 0 Å². The van der Waals surface area contributed by atoms with Gasteiger partial charge in [-0.15, -0.1) is 0 Å². The van der Waals surface area contributed by atoms with Crippen molar-refractivity contribution < 1.29 is 4.79 Å². The Balaban J connectivity index is 1.40. The fourth-order valence-electron chi connectivity index (χ4n) is 3.14. The summed E-state index contributed by atoms with van der Waals surface area (Å²) in [7, 11) is 0. The molecule has 1 aliphatic heterocycles. The van der Waals surface area contributed by atoms with Gasteiger partial charge in [0.25, 0.3) is 5.56 Å². The van der Waals surface area contributed by atoms with Crippen LogP contribution in [0.1, 0.15) is 18.4 Å². The fraction of sp³-hybridized carbons (Fsp3) is 0.333. The van der Waals surface area contributed by atoms with Crippen LogP contribution in [0.5, 0.6) is 0 Å². The zero-order valence-electron chi connectivity index (χ0n) is 14.7. The van der Waals surface area contributed by atoms with Crippen molar-refractivity contribution in [1.29, 1.82) is 0 Å². The number of piperidine rings is 1. The van der Waals surface area contributed by atoms with Gasteiger partial charge in [0.05, 0.1) is 6.33 Å². The quantitative estimate of drug-likeness (QED) is 0.700. The number of anilines is 2. The lowest BCUT2D eigenvalue weighted by Gasteiger charge is -2.31. The standard InChI is InChI=1S/C18H18ClN5O2S/c1-10-2-3-12(8-13(10)19)22-16(25)11-4-6-24(7-5-11)18-23-15-14(27-18)17(26)21-9-20-15/h2-3,8-9,11H,4-7H2,1H3,(H,22,25)(H,20,21,26). The molecule has 1 aromatic carbocycles. The van der Waals surface area contributed by atoms with Crippen LogP contribution in [0.3, 0.4) is 0 Å². The zero-order valence-corrected chi connectivity index (χ0v) is 16.2. The molecule has 0 aliphatic carbocycles. The van der Waals surface area contributed by atoms with Crippen molar-refractivity contribution >= 4 is 50.0 Å². The van der Waals surface area contributed by atoms with Gasteiger partial charge in [0.1, 0.15) is 4.70 Å². The summed E-state index contributed by atoms with van der Waals surface area (Å²) in [6.07, 6.45) is 2.82. The van der Waals surface area contributed by atoms with Crippen LogP contribution in [-0.4, -0.2) is 33.9 Å². The van der Waals surface area contributed by atoms with E-state index in [2.05, 4.69) is 25.2 Å². The summed E-state index contributed by atoms with van der Waals surface area (Å²) in [5.74, 6) is -0.0470. The van der Waals surface area contributed by atoms with Crippen LogP contribution < -0.4 is 15.8 Å². The van der Waals surface area contributed by atoms with Crippen LogP contribution in [0.4, 0.5) is 10.8 Å². The number of hydrogen-bond donors (Lipinski definition) is 2. The molecule has 0 bridgehead atoms. The molecular formula is C18H18ClN5O2S. The minimum atomic E-state index is -0.172. The number of aromatic nitrogens is 3. The summed E-state index contributed by atoms with van der Waals surface area (Å²) >= 11 is 7.46. The van der Waals surface area contributed by atoms with Crippen molar-refractivity contribution in [3.63, 3.8) is 0 Å². The van der Waals surface area contributed by atoms with Crippen LogP contribution in [0.25, 0.3) is 10.3 Å². The number of nitrogens with one attached hydrogen (secondary N) is 2. The number of hydrogen-bond acceptors (Lipinski definition) is 6. The lowest BCUT2D eigenvalue weighted by molar-refractivity contribution is -0.120. The number of thiazole rings is 1. The predicted octanol–water partition coefficient (Wildman–Crippen LogP) is 3.20. The first kappa shape index (κ1) is 17.9. The number of H-pyrrole nitrogens is 1. The Morgan fingerprint density at radius 3 is 2.85 bits per heavy atom. The maximum absolute atomic E-state index is 12.6. The molecule has 1 fully saturated rings. The van der Waals surface area contributed by atoms with E-state index in [4.69, 9.17) is 11.6 Å². The maximum Gasteiger partial charge on any atom is 0.270 e. The fourth-order valence-corrected chi connectivity index (χ4v) is 4.29. The Labute approximate surface area is 164 Å². The van der Waals surface area contributed by atoms with Crippen LogP contribution in [0.15, 0.2) is 29.3 Å². The Bertz CT molecular complexity index is 1060. The number of halogens is 1. The molecule has 4 rings (SSSR count). The Morgan fingerprint density at radius 1 is 1.37 bits per heavy atom. The summed E-state index contributed by atoms with van der Waals surface area (Å²) in [6.45, 7) is 3.35. The first-order valence-corrected chi connectivity index (χ1v) is 9.87. The molecule has 140 valence electrons. The third-order valence-corrected chi connectivity index (χ3v) is 6.27. The molecule has 7 nitrogen and oxygen atoms in total. The topological polar surface area (TPSA) is 91.0 Å². The Morgan fingerprint density at radius 2 is 2.15 bits per heavy atom. The third-order valence-electron chi connectivity index (χ3n) is 4.76. The van der Waals surface area contributed by atoms with Gasteiger partial charge in [0.2, 0.25) is 5.91 Å². The minimum Gasteiger partial charge on any atom is -0.348 e. The van der Waals surface area contributed by atoms with E-state index in [9.17, 15) is 9.59 Å². The molecule has 9 heteroatoms. The van der Waals surface area contributed by atoms with Gasteiger partial charge in [0.15, 0.2) is 10.8 Å². The number of nitrogens with zero attached hydrogens (tertiary/aromatic N) is 3. The first-order valence-electron chi connectivity index (χ1n) is 8.67. The number of carbonyl (C=O) groups excluding carboxylic acids is 1. The lowest BCUT2D eigenvalue weighted by Crippen LogP contribution is -2.38. The number of rotatable bonds is 3. The van der Waals surface area contributed by atoms with Crippen molar-refractivity contribution in [1.82, 2.24) is 15.0 Å². The van der Waals surface area contributed by atoms with Crippen molar-refractivity contribution in [3.05, 3.63) is 45.5 Å². The number of benzene rings is 1. The van der Waals surface area contributed by atoms with E-state index in [1.165, 1.54) is 17.7 Å².